The third-order valence-electron chi connectivity index (χ3n) is 2.85. The molecule has 0 amide bonds. The van der Waals surface area contributed by atoms with E-state index in [4.69, 9.17) is 16.3 Å². The average Bonchev–Trinajstić information content (AvgIpc) is 2.38. The second-order valence-corrected chi connectivity index (χ2v) is 4.70. The van der Waals surface area contributed by atoms with E-state index in [9.17, 15) is 14.7 Å². The van der Waals surface area contributed by atoms with Gasteiger partial charge in [-0.2, -0.15) is 0 Å². The standard InChI is InChI=1S/C14H13ClO4/c15-9-4-6-10(7-5-9)19-8-13(18)14-11(16)2-1-3-12(14)17/h4-7,16H,1-3,8H2. The lowest BCUT2D eigenvalue weighted by Gasteiger charge is -2.14. The maximum absolute atomic E-state index is 11.9. The number of ketones is 2. The van der Waals surface area contributed by atoms with E-state index in [0.717, 1.165) is 0 Å². The van der Waals surface area contributed by atoms with Crippen LogP contribution in [0.2, 0.25) is 5.02 Å². The van der Waals surface area contributed by atoms with E-state index in [1.165, 1.54) is 0 Å². The smallest absolute Gasteiger partial charge is 0.207 e. The summed E-state index contributed by atoms with van der Waals surface area (Å²) in [7, 11) is 0. The summed E-state index contributed by atoms with van der Waals surface area (Å²) in [6, 6.07) is 6.55. The van der Waals surface area contributed by atoms with E-state index in [1.54, 1.807) is 24.3 Å². The Morgan fingerprint density at radius 1 is 1.26 bits per heavy atom. The predicted molar refractivity (Wildman–Crippen MR) is 70.5 cm³/mol. The lowest BCUT2D eigenvalue weighted by Crippen LogP contribution is -2.23. The minimum absolute atomic E-state index is 0.111. The van der Waals surface area contributed by atoms with Gasteiger partial charge in [0.1, 0.15) is 17.1 Å². The molecule has 1 aliphatic carbocycles. The molecular weight excluding hydrogens is 268 g/mol. The van der Waals surface area contributed by atoms with E-state index in [0.29, 0.717) is 30.0 Å². The summed E-state index contributed by atoms with van der Waals surface area (Å²) in [5.74, 6) is -0.437. The zero-order chi connectivity index (χ0) is 13.8. The lowest BCUT2D eigenvalue weighted by atomic mass is 9.93. The first-order chi connectivity index (χ1) is 9.08. The van der Waals surface area contributed by atoms with Gasteiger partial charge in [-0.15, -0.1) is 0 Å². The Morgan fingerprint density at radius 2 is 1.95 bits per heavy atom. The molecule has 0 fully saturated rings. The van der Waals surface area contributed by atoms with Crippen molar-refractivity contribution in [1.29, 1.82) is 0 Å². The van der Waals surface area contributed by atoms with E-state index in [2.05, 4.69) is 0 Å². The van der Waals surface area contributed by atoms with Crippen molar-refractivity contribution in [2.75, 3.05) is 6.61 Å². The third kappa shape index (κ3) is 3.35. The highest BCUT2D eigenvalue weighted by atomic mass is 35.5. The summed E-state index contributed by atoms with van der Waals surface area (Å²) < 4.78 is 5.27. The molecule has 2 rings (SSSR count). The average molecular weight is 281 g/mol. The van der Waals surface area contributed by atoms with Crippen molar-refractivity contribution in [3.63, 3.8) is 0 Å². The molecular formula is C14H13ClO4. The Hall–Kier alpha value is -1.81. The van der Waals surface area contributed by atoms with E-state index in [-0.39, 0.29) is 23.7 Å². The van der Waals surface area contributed by atoms with Crippen molar-refractivity contribution in [2.24, 2.45) is 0 Å². The van der Waals surface area contributed by atoms with Crippen molar-refractivity contribution in [2.45, 2.75) is 19.3 Å². The Labute approximate surface area is 115 Å². The summed E-state index contributed by atoms with van der Waals surface area (Å²) in [6.07, 6.45) is 1.25. The summed E-state index contributed by atoms with van der Waals surface area (Å²) in [5, 5.41) is 10.2. The minimum Gasteiger partial charge on any atom is -0.511 e. The molecule has 0 unspecified atom stereocenters. The lowest BCUT2D eigenvalue weighted by molar-refractivity contribution is -0.123. The fraction of sp³-hybridized carbons (Fsp3) is 0.286. The van der Waals surface area contributed by atoms with Crippen molar-refractivity contribution in [3.8, 4) is 5.75 Å². The number of hydrogen-bond acceptors (Lipinski definition) is 4. The molecule has 1 aliphatic rings. The van der Waals surface area contributed by atoms with Gasteiger partial charge >= 0.3 is 0 Å². The molecule has 19 heavy (non-hydrogen) atoms. The van der Waals surface area contributed by atoms with Gasteiger partial charge in [0.15, 0.2) is 12.4 Å². The molecule has 0 saturated carbocycles. The van der Waals surface area contributed by atoms with E-state index in [1.807, 2.05) is 0 Å². The largest absolute Gasteiger partial charge is 0.511 e. The molecule has 0 saturated heterocycles. The molecule has 0 aromatic heterocycles. The molecule has 1 aromatic rings. The molecule has 1 aromatic carbocycles. The van der Waals surface area contributed by atoms with Crippen LogP contribution >= 0.6 is 11.6 Å². The number of aliphatic hydroxyl groups is 1. The monoisotopic (exact) mass is 280 g/mol. The number of Topliss-reactive ketones (excluding diaryl/α,β-unsaturated/α-hetero) is 2. The number of carbonyl (C=O) groups excluding carboxylic acids is 2. The van der Waals surface area contributed by atoms with Gasteiger partial charge in [-0.25, -0.2) is 0 Å². The van der Waals surface area contributed by atoms with Crippen LogP contribution in [0.1, 0.15) is 19.3 Å². The Bertz CT molecular complexity index is 531. The second-order valence-electron chi connectivity index (χ2n) is 4.26. The van der Waals surface area contributed by atoms with Crippen molar-refractivity contribution < 1.29 is 19.4 Å². The molecule has 0 aliphatic heterocycles. The molecule has 0 heterocycles. The summed E-state index contributed by atoms with van der Waals surface area (Å²) in [6.45, 7) is -0.271. The highest BCUT2D eigenvalue weighted by molar-refractivity contribution is 6.30. The molecule has 100 valence electrons. The van der Waals surface area contributed by atoms with E-state index >= 15 is 0 Å². The first kappa shape index (κ1) is 13.6. The quantitative estimate of drug-likeness (QED) is 0.862. The van der Waals surface area contributed by atoms with Gasteiger partial charge in [0.2, 0.25) is 5.78 Å². The van der Waals surface area contributed by atoms with Gasteiger partial charge in [0.05, 0.1) is 0 Å². The number of rotatable bonds is 4. The van der Waals surface area contributed by atoms with Crippen LogP contribution in [0.15, 0.2) is 35.6 Å². The molecule has 4 nitrogen and oxygen atoms in total. The van der Waals surface area contributed by atoms with Crippen LogP contribution in [0.4, 0.5) is 0 Å². The number of hydrogen-bond donors (Lipinski definition) is 1. The predicted octanol–water partition coefficient (Wildman–Crippen LogP) is 2.85. The molecule has 1 N–H and O–H groups in total. The maximum atomic E-state index is 11.9. The van der Waals surface area contributed by atoms with Crippen LogP contribution < -0.4 is 4.74 Å². The Morgan fingerprint density at radius 3 is 2.58 bits per heavy atom. The number of halogens is 1. The van der Waals surface area contributed by atoms with Crippen molar-refractivity contribution in [3.05, 3.63) is 40.6 Å². The molecule has 0 bridgehead atoms. The summed E-state index contributed by atoms with van der Waals surface area (Å²) >= 11 is 5.73. The second kappa shape index (κ2) is 5.89. The third-order valence-corrected chi connectivity index (χ3v) is 3.10. The summed E-state index contributed by atoms with van der Waals surface area (Å²) in [4.78, 5) is 23.5. The highest BCUT2D eigenvalue weighted by Crippen LogP contribution is 2.21. The Balaban J connectivity index is 2.01. The van der Waals surface area contributed by atoms with Gasteiger partial charge < -0.3 is 9.84 Å². The first-order valence-corrected chi connectivity index (χ1v) is 6.32. The number of carbonyl (C=O) groups is 2. The minimum atomic E-state index is -0.489. The van der Waals surface area contributed by atoms with Crippen LogP contribution in [0.3, 0.4) is 0 Å². The van der Waals surface area contributed by atoms with Crippen molar-refractivity contribution >= 4 is 23.2 Å². The van der Waals surface area contributed by atoms with Crippen LogP contribution in [0.5, 0.6) is 5.75 Å². The van der Waals surface area contributed by atoms with Crippen LogP contribution in [-0.4, -0.2) is 23.3 Å². The highest BCUT2D eigenvalue weighted by Gasteiger charge is 2.26. The van der Waals surface area contributed by atoms with Crippen molar-refractivity contribution in [1.82, 2.24) is 0 Å². The first-order valence-electron chi connectivity index (χ1n) is 5.95. The van der Waals surface area contributed by atoms with Gasteiger partial charge in [0.25, 0.3) is 0 Å². The van der Waals surface area contributed by atoms with Crippen LogP contribution in [0, 0.1) is 0 Å². The normalized spacial score (nSPS) is 15.5. The van der Waals surface area contributed by atoms with Gasteiger partial charge in [-0.05, 0) is 30.7 Å². The topological polar surface area (TPSA) is 63.6 Å². The fourth-order valence-corrected chi connectivity index (χ4v) is 2.02. The zero-order valence-electron chi connectivity index (χ0n) is 10.2. The number of allylic oxidation sites excluding steroid dienone is 1. The maximum Gasteiger partial charge on any atom is 0.207 e. The van der Waals surface area contributed by atoms with Gasteiger partial charge in [-0.3, -0.25) is 9.59 Å². The van der Waals surface area contributed by atoms with E-state index < -0.39 is 5.78 Å². The SMILES string of the molecule is O=C1CCCC(O)=C1C(=O)COc1ccc(Cl)cc1. The molecule has 5 heteroatoms. The molecule has 0 radical (unpaired) electrons. The molecule has 0 atom stereocenters. The number of aliphatic hydroxyl groups excluding tert-OH is 1. The Kier molecular flexibility index (Phi) is 4.22. The number of ether oxygens (including phenoxy) is 1. The zero-order valence-corrected chi connectivity index (χ0v) is 10.9. The van der Waals surface area contributed by atoms with Gasteiger partial charge in [0, 0.05) is 17.9 Å². The van der Waals surface area contributed by atoms with Crippen LogP contribution in [0.25, 0.3) is 0 Å². The fourth-order valence-electron chi connectivity index (χ4n) is 1.90. The van der Waals surface area contributed by atoms with Crippen LogP contribution in [-0.2, 0) is 9.59 Å². The number of benzene rings is 1. The summed E-state index contributed by atoms with van der Waals surface area (Å²) in [5.41, 5.74) is -0.111. The molecule has 0 spiro atoms. The van der Waals surface area contributed by atoms with Gasteiger partial charge in [-0.1, -0.05) is 11.6 Å².